The summed E-state index contributed by atoms with van der Waals surface area (Å²) in [4.78, 5) is 11.5. The van der Waals surface area contributed by atoms with Gasteiger partial charge < -0.3 is 9.73 Å². The lowest BCUT2D eigenvalue weighted by Gasteiger charge is -2.00. The molecule has 0 aliphatic heterocycles. The molecule has 1 aromatic carbocycles. The van der Waals surface area contributed by atoms with Crippen LogP contribution in [-0.2, 0) is 0 Å². The molecule has 0 spiro atoms. The zero-order valence-corrected chi connectivity index (χ0v) is 10.7. The number of anilines is 1. The lowest BCUT2D eigenvalue weighted by molar-refractivity contribution is 0.559. The van der Waals surface area contributed by atoms with Crippen LogP contribution >= 0.6 is 0 Å². The van der Waals surface area contributed by atoms with Crippen molar-refractivity contribution in [2.24, 2.45) is 4.99 Å². The maximum atomic E-state index is 13.0. The predicted octanol–water partition coefficient (Wildman–Crippen LogP) is 3.08. The molecular formula is C14H10FN5O. The molecule has 2 N–H and O–H groups in total. The molecule has 3 aromatic rings. The molecule has 21 heavy (non-hydrogen) atoms. The number of aromatic nitrogens is 2. The van der Waals surface area contributed by atoms with Crippen molar-refractivity contribution in [3.8, 4) is 11.5 Å². The van der Waals surface area contributed by atoms with E-state index in [0.29, 0.717) is 11.4 Å². The Morgan fingerprint density at radius 3 is 2.71 bits per heavy atom. The van der Waals surface area contributed by atoms with E-state index in [9.17, 15) is 4.39 Å². The van der Waals surface area contributed by atoms with Gasteiger partial charge in [0.15, 0.2) is 0 Å². The molecule has 0 radical (unpaired) electrons. The van der Waals surface area contributed by atoms with Crippen LogP contribution in [0.1, 0.15) is 0 Å². The lowest BCUT2D eigenvalue weighted by atomic mass is 10.2. The first-order valence-electron chi connectivity index (χ1n) is 6.07. The summed E-state index contributed by atoms with van der Waals surface area (Å²) in [6, 6.07) is 10.0. The molecule has 7 heteroatoms. The van der Waals surface area contributed by atoms with Crippen LogP contribution in [0.5, 0.6) is 0 Å². The summed E-state index contributed by atoms with van der Waals surface area (Å²) >= 11 is 0. The number of aliphatic imine (C=N–C) groups is 1. The largest absolute Gasteiger partial charge is 0.418 e. The molecule has 0 saturated carbocycles. The minimum atomic E-state index is -0.602. The monoisotopic (exact) mass is 283 g/mol. The maximum absolute atomic E-state index is 13.0. The third-order valence-corrected chi connectivity index (χ3v) is 2.73. The molecule has 0 unspecified atom stereocenters. The van der Waals surface area contributed by atoms with Crippen LogP contribution in [0.3, 0.4) is 0 Å². The zero-order valence-electron chi connectivity index (χ0n) is 10.7. The second-order valence-electron chi connectivity index (χ2n) is 4.11. The third kappa shape index (κ3) is 2.76. The Morgan fingerprint density at radius 2 is 1.95 bits per heavy atom. The number of benzene rings is 1. The van der Waals surface area contributed by atoms with Crippen molar-refractivity contribution < 1.29 is 8.81 Å². The maximum Gasteiger partial charge on any atom is 0.250 e. The molecule has 0 saturated heterocycles. The second-order valence-corrected chi connectivity index (χ2v) is 4.11. The Hall–Kier alpha value is -3.09. The van der Waals surface area contributed by atoms with E-state index in [-0.39, 0.29) is 5.71 Å². The van der Waals surface area contributed by atoms with E-state index in [1.807, 2.05) is 24.3 Å². The summed E-state index contributed by atoms with van der Waals surface area (Å²) in [5.74, 6) is -0.224. The van der Waals surface area contributed by atoms with Crippen LogP contribution < -0.4 is 5.32 Å². The highest BCUT2D eigenvalue weighted by molar-refractivity contribution is 5.81. The van der Waals surface area contributed by atoms with Gasteiger partial charge in [0.1, 0.15) is 11.9 Å². The summed E-state index contributed by atoms with van der Waals surface area (Å²) in [5.41, 5.74) is 2.24. The number of hydrogen-bond donors (Lipinski definition) is 2. The molecule has 6 nitrogen and oxygen atoms in total. The molecule has 0 aliphatic rings. The van der Waals surface area contributed by atoms with Crippen molar-refractivity contribution in [3.63, 3.8) is 0 Å². The minimum absolute atomic E-state index is 0.172. The van der Waals surface area contributed by atoms with Gasteiger partial charge in [-0.1, -0.05) is 0 Å². The molecule has 2 aromatic heterocycles. The highest BCUT2D eigenvalue weighted by Gasteiger charge is 2.09. The van der Waals surface area contributed by atoms with E-state index in [2.05, 4.69) is 20.3 Å². The highest BCUT2D eigenvalue weighted by Crippen LogP contribution is 2.24. The summed E-state index contributed by atoms with van der Waals surface area (Å²) in [5, 5.41) is 9.67. The fourth-order valence-corrected chi connectivity index (χ4v) is 1.78. The molecule has 3 rings (SSSR count). The summed E-state index contributed by atoms with van der Waals surface area (Å²) in [6.07, 6.45) is 2.35. The Balaban J connectivity index is 1.88. The quantitative estimate of drug-likeness (QED) is 0.437. The molecule has 0 amide bonds. The van der Waals surface area contributed by atoms with Crippen molar-refractivity contribution in [2.75, 3.05) is 5.32 Å². The Bertz CT molecular complexity index is 810. The van der Waals surface area contributed by atoms with Crippen molar-refractivity contribution in [2.45, 2.75) is 0 Å². The van der Waals surface area contributed by atoms with Crippen molar-refractivity contribution in [1.82, 2.24) is 9.97 Å². The van der Waals surface area contributed by atoms with Gasteiger partial charge in [-0.15, -0.1) is 0 Å². The smallest absolute Gasteiger partial charge is 0.250 e. The van der Waals surface area contributed by atoms with Gasteiger partial charge in [0.05, 0.1) is 6.34 Å². The Labute approximate surface area is 118 Å². The van der Waals surface area contributed by atoms with Crippen molar-refractivity contribution in [3.05, 3.63) is 42.3 Å². The zero-order chi connectivity index (χ0) is 14.7. The standard InChI is InChI=1S/C14H10FN5O/c15-12-6-5-11-14(20-12)21-13(19-11)9-1-3-10(4-2-9)18-8-17-7-16/h1-8H,(H2,16,17,18). The van der Waals surface area contributed by atoms with E-state index < -0.39 is 5.95 Å². The molecular weight excluding hydrogens is 273 g/mol. The minimum Gasteiger partial charge on any atom is -0.418 e. The van der Waals surface area contributed by atoms with Crippen LogP contribution in [-0.4, -0.2) is 22.6 Å². The summed E-state index contributed by atoms with van der Waals surface area (Å²) in [7, 11) is 0. The van der Waals surface area contributed by atoms with Gasteiger partial charge in [-0.25, -0.2) is 9.98 Å². The fraction of sp³-hybridized carbons (Fsp3) is 0. The fourth-order valence-electron chi connectivity index (χ4n) is 1.78. The van der Waals surface area contributed by atoms with Gasteiger partial charge in [-0.3, -0.25) is 5.41 Å². The average Bonchev–Trinajstić information content (AvgIpc) is 2.91. The predicted molar refractivity (Wildman–Crippen MR) is 78.1 cm³/mol. The normalized spacial score (nSPS) is 11.1. The van der Waals surface area contributed by atoms with E-state index >= 15 is 0 Å². The molecule has 0 bridgehead atoms. The first-order valence-corrected chi connectivity index (χ1v) is 6.07. The first kappa shape index (κ1) is 12.9. The number of pyridine rings is 1. The highest BCUT2D eigenvalue weighted by atomic mass is 19.1. The molecule has 0 atom stereocenters. The number of halogens is 1. The van der Waals surface area contributed by atoms with Gasteiger partial charge in [0.2, 0.25) is 17.6 Å². The van der Waals surface area contributed by atoms with Gasteiger partial charge in [-0.05, 0) is 36.4 Å². The van der Waals surface area contributed by atoms with Crippen LogP contribution in [0.15, 0.2) is 45.8 Å². The topological polar surface area (TPSA) is 87.2 Å². The van der Waals surface area contributed by atoms with Crippen LogP contribution in [0.4, 0.5) is 10.1 Å². The van der Waals surface area contributed by atoms with E-state index in [4.69, 9.17) is 9.83 Å². The number of hydrogen-bond acceptors (Lipinski definition) is 4. The Kier molecular flexibility index (Phi) is 3.38. The van der Waals surface area contributed by atoms with Gasteiger partial charge in [0, 0.05) is 11.3 Å². The SMILES string of the molecule is N=C/N=C\Nc1ccc(-c2nc3ccc(F)nc3o2)cc1. The average molecular weight is 283 g/mol. The van der Waals surface area contributed by atoms with E-state index in [1.54, 1.807) is 0 Å². The summed E-state index contributed by atoms with van der Waals surface area (Å²) < 4.78 is 18.4. The number of rotatable bonds is 4. The number of oxazole rings is 1. The Morgan fingerprint density at radius 1 is 1.14 bits per heavy atom. The number of fused-ring (bicyclic) bond motifs is 1. The second kappa shape index (κ2) is 5.49. The van der Waals surface area contributed by atoms with E-state index in [0.717, 1.165) is 17.6 Å². The van der Waals surface area contributed by atoms with Crippen LogP contribution in [0, 0.1) is 11.4 Å². The third-order valence-electron chi connectivity index (χ3n) is 2.73. The molecule has 2 heterocycles. The molecule has 0 aliphatic carbocycles. The van der Waals surface area contributed by atoms with Crippen LogP contribution in [0.25, 0.3) is 22.7 Å². The molecule has 104 valence electrons. The van der Waals surface area contributed by atoms with Crippen LogP contribution in [0.2, 0.25) is 0 Å². The van der Waals surface area contributed by atoms with E-state index in [1.165, 1.54) is 18.5 Å². The van der Waals surface area contributed by atoms with Crippen molar-refractivity contribution in [1.29, 1.82) is 5.41 Å². The number of nitrogens with one attached hydrogen (secondary N) is 2. The van der Waals surface area contributed by atoms with Gasteiger partial charge in [0.25, 0.3) is 0 Å². The van der Waals surface area contributed by atoms with Crippen molar-refractivity contribution >= 4 is 29.6 Å². The first-order chi connectivity index (χ1) is 10.3. The van der Waals surface area contributed by atoms with Gasteiger partial charge in [-0.2, -0.15) is 9.37 Å². The molecule has 0 fully saturated rings. The number of nitrogens with zero attached hydrogens (tertiary/aromatic N) is 3. The van der Waals surface area contributed by atoms with Gasteiger partial charge >= 0.3 is 0 Å². The summed E-state index contributed by atoms with van der Waals surface area (Å²) in [6.45, 7) is 0. The lowest BCUT2D eigenvalue weighted by Crippen LogP contribution is -1.94.